The lowest BCUT2D eigenvalue weighted by atomic mass is 9.93. The van der Waals surface area contributed by atoms with Crippen LogP contribution < -0.4 is 0 Å². The van der Waals surface area contributed by atoms with Gasteiger partial charge < -0.3 is 4.90 Å². The standard InChI is InChI=1S/C19H20N6O/c1-13-10-20-6-5-14(13)15-11-23-24-18(15)17-4-2-3-9-25(17)19(26)16-12-21-7-8-22-16/h5-8,10-12,17H,2-4,9H2,1H3,(H,23,24)/t17-/m0/s1. The molecule has 1 aliphatic rings. The third-order valence-corrected chi connectivity index (χ3v) is 4.86. The summed E-state index contributed by atoms with van der Waals surface area (Å²) in [6.45, 7) is 2.73. The van der Waals surface area contributed by atoms with Gasteiger partial charge in [-0.15, -0.1) is 0 Å². The zero-order chi connectivity index (χ0) is 17.9. The molecule has 0 saturated carbocycles. The largest absolute Gasteiger partial charge is 0.329 e. The third-order valence-electron chi connectivity index (χ3n) is 4.86. The highest BCUT2D eigenvalue weighted by molar-refractivity contribution is 5.92. The molecule has 1 aliphatic heterocycles. The van der Waals surface area contributed by atoms with Crippen LogP contribution in [0.5, 0.6) is 0 Å². The molecule has 7 nitrogen and oxygen atoms in total. The predicted octanol–water partition coefficient (Wildman–Crippen LogP) is 2.94. The van der Waals surface area contributed by atoms with Crippen LogP contribution in [0, 0.1) is 6.92 Å². The smallest absolute Gasteiger partial charge is 0.274 e. The van der Waals surface area contributed by atoms with Gasteiger partial charge >= 0.3 is 0 Å². The molecular formula is C19H20N6O. The quantitative estimate of drug-likeness (QED) is 0.786. The van der Waals surface area contributed by atoms with Gasteiger partial charge in [-0.05, 0) is 43.4 Å². The second-order valence-corrected chi connectivity index (χ2v) is 6.49. The lowest BCUT2D eigenvalue weighted by Gasteiger charge is -2.35. The Balaban J connectivity index is 1.71. The molecule has 26 heavy (non-hydrogen) atoms. The highest BCUT2D eigenvalue weighted by Crippen LogP contribution is 2.36. The normalized spacial score (nSPS) is 17.3. The molecule has 4 heterocycles. The summed E-state index contributed by atoms with van der Waals surface area (Å²) in [5, 5.41) is 7.41. The number of carbonyl (C=O) groups is 1. The number of likely N-dealkylation sites (tertiary alicyclic amines) is 1. The molecule has 3 aromatic heterocycles. The number of piperidine rings is 1. The predicted molar refractivity (Wildman–Crippen MR) is 96.2 cm³/mol. The van der Waals surface area contributed by atoms with Crippen LogP contribution in [0.2, 0.25) is 0 Å². The average Bonchev–Trinajstić information content (AvgIpc) is 3.18. The van der Waals surface area contributed by atoms with E-state index in [-0.39, 0.29) is 11.9 Å². The molecule has 4 rings (SSSR count). The highest BCUT2D eigenvalue weighted by atomic mass is 16.2. The Labute approximate surface area is 151 Å². The number of hydrogen-bond acceptors (Lipinski definition) is 5. The van der Waals surface area contributed by atoms with Gasteiger partial charge in [0.1, 0.15) is 5.69 Å². The van der Waals surface area contributed by atoms with Gasteiger partial charge in [0.25, 0.3) is 5.91 Å². The van der Waals surface area contributed by atoms with Crippen molar-refractivity contribution in [2.24, 2.45) is 0 Å². The molecular weight excluding hydrogens is 328 g/mol. The number of amides is 1. The zero-order valence-corrected chi connectivity index (χ0v) is 14.6. The molecule has 1 N–H and O–H groups in total. The van der Waals surface area contributed by atoms with Gasteiger partial charge in [-0.3, -0.25) is 19.9 Å². The van der Waals surface area contributed by atoms with E-state index in [9.17, 15) is 4.79 Å². The maximum Gasteiger partial charge on any atom is 0.274 e. The molecule has 0 spiro atoms. The van der Waals surface area contributed by atoms with Gasteiger partial charge in [0.15, 0.2) is 0 Å². The number of hydrogen-bond donors (Lipinski definition) is 1. The molecule has 1 atom stereocenters. The Kier molecular flexibility index (Phi) is 4.43. The zero-order valence-electron chi connectivity index (χ0n) is 14.6. The maximum atomic E-state index is 13.0. The number of H-pyrrole nitrogens is 1. The first-order valence-corrected chi connectivity index (χ1v) is 8.77. The van der Waals surface area contributed by atoms with E-state index in [2.05, 4.69) is 25.1 Å². The van der Waals surface area contributed by atoms with Gasteiger partial charge in [-0.25, -0.2) is 4.98 Å². The second kappa shape index (κ2) is 7.03. The van der Waals surface area contributed by atoms with Crippen LogP contribution in [-0.2, 0) is 0 Å². The summed E-state index contributed by atoms with van der Waals surface area (Å²) < 4.78 is 0. The Hall–Kier alpha value is -3.09. The van der Waals surface area contributed by atoms with Crippen LogP contribution in [0.15, 0.2) is 43.2 Å². The highest BCUT2D eigenvalue weighted by Gasteiger charge is 2.32. The van der Waals surface area contributed by atoms with Crippen molar-refractivity contribution in [3.8, 4) is 11.1 Å². The summed E-state index contributed by atoms with van der Waals surface area (Å²) in [4.78, 5) is 27.3. The van der Waals surface area contributed by atoms with Gasteiger partial charge in [0.05, 0.1) is 24.1 Å². The molecule has 0 radical (unpaired) electrons. The lowest BCUT2D eigenvalue weighted by molar-refractivity contribution is 0.0600. The fourth-order valence-corrected chi connectivity index (χ4v) is 3.57. The van der Waals surface area contributed by atoms with Crippen LogP contribution >= 0.6 is 0 Å². The van der Waals surface area contributed by atoms with E-state index >= 15 is 0 Å². The molecule has 0 unspecified atom stereocenters. The number of carbonyl (C=O) groups excluding carboxylic acids is 1. The Morgan fingerprint density at radius 2 is 2.00 bits per heavy atom. The van der Waals surface area contributed by atoms with Crippen molar-refractivity contribution in [1.82, 2.24) is 30.0 Å². The van der Waals surface area contributed by atoms with Crippen LogP contribution in [0.4, 0.5) is 0 Å². The Morgan fingerprint density at radius 3 is 2.81 bits per heavy atom. The van der Waals surface area contributed by atoms with Crippen molar-refractivity contribution >= 4 is 5.91 Å². The minimum absolute atomic E-state index is 0.0525. The second-order valence-electron chi connectivity index (χ2n) is 6.49. The van der Waals surface area contributed by atoms with E-state index in [4.69, 9.17) is 0 Å². The van der Waals surface area contributed by atoms with Crippen LogP contribution in [0.1, 0.15) is 47.1 Å². The topological polar surface area (TPSA) is 87.7 Å². The summed E-state index contributed by atoms with van der Waals surface area (Å²) in [5.74, 6) is -0.0881. The first-order valence-electron chi connectivity index (χ1n) is 8.77. The number of nitrogens with zero attached hydrogens (tertiary/aromatic N) is 5. The van der Waals surface area contributed by atoms with Crippen LogP contribution in [-0.4, -0.2) is 42.5 Å². The Morgan fingerprint density at radius 1 is 1.12 bits per heavy atom. The van der Waals surface area contributed by atoms with Crippen molar-refractivity contribution in [2.75, 3.05) is 6.54 Å². The first kappa shape index (κ1) is 16.4. The molecule has 0 aliphatic carbocycles. The SMILES string of the molecule is Cc1cnccc1-c1cn[nH]c1[C@@H]1CCCCN1C(=O)c1cnccn1. The van der Waals surface area contributed by atoms with E-state index in [0.29, 0.717) is 12.2 Å². The molecule has 0 bridgehead atoms. The van der Waals surface area contributed by atoms with E-state index < -0.39 is 0 Å². The van der Waals surface area contributed by atoms with Crippen molar-refractivity contribution in [2.45, 2.75) is 32.2 Å². The van der Waals surface area contributed by atoms with E-state index in [1.54, 1.807) is 18.6 Å². The maximum absolute atomic E-state index is 13.0. The molecule has 1 fully saturated rings. The molecule has 132 valence electrons. The van der Waals surface area contributed by atoms with Crippen molar-refractivity contribution < 1.29 is 4.79 Å². The van der Waals surface area contributed by atoms with Gasteiger partial charge in [-0.1, -0.05) is 0 Å². The van der Waals surface area contributed by atoms with Crippen molar-refractivity contribution in [3.05, 3.63) is 60.2 Å². The van der Waals surface area contributed by atoms with Crippen molar-refractivity contribution in [3.63, 3.8) is 0 Å². The summed E-state index contributed by atoms with van der Waals surface area (Å²) in [6, 6.07) is 1.93. The number of aryl methyl sites for hydroxylation is 1. The van der Waals surface area contributed by atoms with Gasteiger partial charge in [0.2, 0.25) is 0 Å². The lowest BCUT2D eigenvalue weighted by Crippen LogP contribution is -2.39. The number of nitrogens with one attached hydrogen (secondary N) is 1. The van der Waals surface area contributed by atoms with E-state index in [0.717, 1.165) is 41.6 Å². The van der Waals surface area contributed by atoms with Gasteiger partial charge in [-0.2, -0.15) is 5.10 Å². The fraction of sp³-hybridized carbons (Fsp3) is 0.316. The average molecular weight is 348 g/mol. The number of aromatic nitrogens is 5. The number of aromatic amines is 1. The summed E-state index contributed by atoms with van der Waals surface area (Å²) >= 11 is 0. The number of rotatable bonds is 3. The van der Waals surface area contributed by atoms with E-state index in [1.165, 1.54) is 6.20 Å². The third kappa shape index (κ3) is 2.96. The van der Waals surface area contributed by atoms with Crippen LogP contribution in [0.25, 0.3) is 11.1 Å². The summed E-state index contributed by atoms with van der Waals surface area (Å²) in [6.07, 6.45) is 13.1. The molecule has 1 saturated heterocycles. The van der Waals surface area contributed by atoms with Crippen molar-refractivity contribution in [1.29, 1.82) is 0 Å². The monoisotopic (exact) mass is 348 g/mol. The molecule has 7 heteroatoms. The van der Waals surface area contributed by atoms with Crippen LogP contribution in [0.3, 0.4) is 0 Å². The fourth-order valence-electron chi connectivity index (χ4n) is 3.57. The molecule has 0 aromatic carbocycles. The van der Waals surface area contributed by atoms with E-state index in [1.807, 2.05) is 30.3 Å². The number of pyridine rings is 1. The summed E-state index contributed by atoms with van der Waals surface area (Å²) in [7, 11) is 0. The minimum Gasteiger partial charge on any atom is -0.329 e. The minimum atomic E-state index is -0.0881. The summed E-state index contributed by atoms with van der Waals surface area (Å²) in [5.41, 5.74) is 4.53. The van der Waals surface area contributed by atoms with Gasteiger partial charge in [0, 0.05) is 36.9 Å². The molecule has 3 aromatic rings. The molecule has 1 amide bonds. The first-order chi connectivity index (χ1) is 12.8. The Bertz CT molecular complexity index is 907.